The highest BCUT2D eigenvalue weighted by Gasteiger charge is 2.20. The zero-order valence-electron chi connectivity index (χ0n) is 10.0. The lowest BCUT2D eigenvalue weighted by atomic mass is 10.1. The SMILES string of the molecule is CC(C)(CO)NCc1cc([N+](=O)[O-])c(F)cc1F. The first-order valence-corrected chi connectivity index (χ1v) is 5.25. The monoisotopic (exact) mass is 260 g/mol. The fourth-order valence-corrected chi connectivity index (χ4v) is 1.25. The van der Waals surface area contributed by atoms with Crippen LogP contribution in [0.15, 0.2) is 12.1 Å². The molecule has 0 fully saturated rings. The quantitative estimate of drug-likeness (QED) is 0.624. The van der Waals surface area contributed by atoms with E-state index in [2.05, 4.69) is 5.32 Å². The van der Waals surface area contributed by atoms with E-state index in [-0.39, 0.29) is 18.7 Å². The topological polar surface area (TPSA) is 75.4 Å². The molecule has 1 aromatic rings. The molecule has 7 heteroatoms. The maximum absolute atomic E-state index is 13.4. The fourth-order valence-electron chi connectivity index (χ4n) is 1.25. The van der Waals surface area contributed by atoms with Gasteiger partial charge in [0.15, 0.2) is 0 Å². The van der Waals surface area contributed by atoms with E-state index in [0.717, 1.165) is 6.07 Å². The molecule has 1 rings (SSSR count). The second-order valence-corrected chi connectivity index (χ2v) is 4.55. The smallest absolute Gasteiger partial charge is 0.305 e. The lowest BCUT2D eigenvalue weighted by Crippen LogP contribution is -2.42. The molecule has 0 aliphatic carbocycles. The van der Waals surface area contributed by atoms with Crippen molar-refractivity contribution >= 4 is 5.69 Å². The lowest BCUT2D eigenvalue weighted by Gasteiger charge is -2.23. The van der Waals surface area contributed by atoms with Gasteiger partial charge < -0.3 is 10.4 Å². The van der Waals surface area contributed by atoms with E-state index in [1.165, 1.54) is 0 Å². The second-order valence-electron chi connectivity index (χ2n) is 4.55. The molecule has 0 aromatic heterocycles. The number of aliphatic hydroxyl groups is 1. The van der Waals surface area contributed by atoms with Crippen LogP contribution in [0.3, 0.4) is 0 Å². The van der Waals surface area contributed by atoms with Crippen molar-refractivity contribution < 1.29 is 18.8 Å². The van der Waals surface area contributed by atoms with Gasteiger partial charge in [0.05, 0.1) is 11.5 Å². The molecule has 0 saturated carbocycles. The average molecular weight is 260 g/mol. The summed E-state index contributed by atoms with van der Waals surface area (Å²) in [7, 11) is 0. The van der Waals surface area contributed by atoms with Crippen molar-refractivity contribution in [3.05, 3.63) is 39.4 Å². The van der Waals surface area contributed by atoms with E-state index >= 15 is 0 Å². The molecule has 1 aromatic carbocycles. The van der Waals surface area contributed by atoms with Crippen LogP contribution in [-0.2, 0) is 6.54 Å². The van der Waals surface area contributed by atoms with Crippen molar-refractivity contribution in [3.8, 4) is 0 Å². The van der Waals surface area contributed by atoms with E-state index in [1.807, 2.05) is 0 Å². The maximum Gasteiger partial charge on any atom is 0.305 e. The molecular formula is C11H14F2N2O3. The van der Waals surface area contributed by atoms with Crippen molar-refractivity contribution in [3.63, 3.8) is 0 Å². The first kappa shape index (κ1) is 14.5. The Kier molecular flexibility index (Phi) is 4.31. The summed E-state index contributed by atoms with van der Waals surface area (Å²) in [6.45, 7) is 3.14. The summed E-state index contributed by atoms with van der Waals surface area (Å²) in [5, 5.41) is 22.3. The van der Waals surface area contributed by atoms with Crippen LogP contribution in [0.25, 0.3) is 0 Å². The van der Waals surface area contributed by atoms with Gasteiger partial charge in [-0.2, -0.15) is 4.39 Å². The van der Waals surface area contributed by atoms with Crippen LogP contribution in [0.1, 0.15) is 19.4 Å². The Morgan fingerprint density at radius 3 is 2.50 bits per heavy atom. The highest BCUT2D eigenvalue weighted by molar-refractivity contribution is 5.37. The van der Waals surface area contributed by atoms with Gasteiger partial charge in [-0.1, -0.05) is 0 Å². The largest absolute Gasteiger partial charge is 0.394 e. The number of aliphatic hydroxyl groups excluding tert-OH is 1. The zero-order valence-corrected chi connectivity index (χ0v) is 10.0. The van der Waals surface area contributed by atoms with Gasteiger partial charge in [0.2, 0.25) is 5.82 Å². The lowest BCUT2D eigenvalue weighted by molar-refractivity contribution is -0.387. The Morgan fingerprint density at radius 1 is 1.39 bits per heavy atom. The standard InChI is InChI=1S/C11H14F2N2O3/c1-11(2,6-16)14-5-7-3-10(15(17)18)9(13)4-8(7)12/h3-4,14,16H,5-6H2,1-2H3. The Morgan fingerprint density at radius 2 is 2.00 bits per heavy atom. The summed E-state index contributed by atoms with van der Waals surface area (Å²) >= 11 is 0. The molecule has 0 atom stereocenters. The maximum atomic E-state index is 13.4. The molecule has 0 aliphatic rings. The Hall–Kier alpha value is -1.60. The third-order valence-electron chi connectivity index (χ3n) is 2.47. The number of nitrogens with zero attached hydrogens (tertiary/aromatic N) is 1. The fraction of sp³-hybridized carbons (Fsp3) is 0.455. The van der Waals surface area contributed by atoms with Crippen LogP contribution >= 0.6 is 0 Å². The van der Waals surface area contributed by atoms with Gasteiger partial charge in [-0.3, -0.25) is 10.1 Å². The van der Waals surface area contributed by atoms with Gasteiger partial charge in [0.25, 0.3) is 0 Å². The van der Waals surface area contributed by atoms with Crippen LogP contribution in [-0.4, -0.2) is 22.2 Å². The minimum absolute atomic E-state index is 0.0235. The van der Waals surface area contributed by atoms with E-state index < -0.39 is 27.8 Å². The first-order valence-electron chi connectivity index (χ1n) is 5.25. The number of hydrogen-bond acceptors (Lipinski definition) is 4. The number of nitro benzene ring substituents is 1. The van der Waals surface area contributed by atoms with E-state index in [9.17, 15) is 18.9 Å². The molecule has 0 unspecified atom stereocenters. The van der Waals surface area contributed by atoms with Crippen molar-refractivity contribution in [2.45, 2.75) is 25.9 Å². The Bertz CT molecular complexity index is 464. The third-order valence-corrected chi connectivity index (χ3v) is 2.47. The number of benzene rings is 1. The molecule has 5 nitrogen and oxygen atoms in total. The summed E-state index contributed by atoms with van der Waals surface area (Å²) in [6, 6.07) is 1.34. The molecule has 0 amide bonds. The predicted octanol–water partition coefficient (Wildman–Crippen LogP) is 1.73. The minimum Gasteiger partial charge on any atom is -0.394 e. The molecule has 0 radical (unpaired) electrons. The number of rotatable bonds is 5. The van der Waals surface area contributed by atoms with Crippen molar-refractivity contribution in [2.75, 3.05) is 6.61 Å². The number of nitro groups is 1. The number of halogens is 2. The van der Waals surface area contributed by atoms with Gasteiger partial charge in [-0.15, -0.1) is 0 Å². The highest BCUT2D eigenvalue weighted by atomic mass is 19.1. The van der Waals surface area contributed by atoms with Gasteiger partial charge in [0, 0.05) is 29.8 Å². The Balaban J connectivity index is 2.96. The normalized spacial score (nSPS) is 11.6. The van der Waals surface area contributed by atoms with E-state index in [4.69, 9.17) is 5.11 Å². The van der Waals surface area contributed by atoms with Gasteiger partial charge in [-0.25, -0.2) is 4.39 Å². The van der Waals surface area contributed by atoms with Crippen LogP contribution < -0.4 is 5.32 Å². The predicted molar refractivity (Wildman–Crippen MR) is 61.0 cm³/mol. The number of nitrogens with one attached hydrogen (secondary N) is 1. The summed E-state index contributed by atoms with van der Waals surface area (Å²) in [5.41, 5.74) is -1.45. The third kappa shape index (κ3) is 3.44. The summed E-state index contributed by atoms with van der Waals surface area (Å²) in [5.74, 6) is -2.07. The molecule has 0 spiro atoms. The highest BCUT2D eigenvalue weighted by Crippen LogP contribution is 2.21. The van der Waals surface area contributed by atoms with Gasteiger partial charge in [-0.05, 0) is 13.8 Å². The zero-order chi connectivity index (χ0) is 13.9. The van der Waals surface area contributed by atoms with Crippen LogP contribution in [0.4, 0.5) is 14.5 Å². The molecular weight excluding hydrogens is 246 g/mol. The summed E-state index contributed by atoms with van der Waals surface area (Å²) in [4.78, 5) is 9.62. The van der Waals surface area contributed by atoms with E-state index in [0.29, 0.717) is 6.07 Å². The van der Waals surface area contributed by atoms with Crippen LogP contribution in [0, 0.1) is 21.7 Å². The van der Waals surface area contributed by atoms with Crippen molar-refractivity contribution in [1.82, 2.24) is 5.32 Å². The molecule has 18 heavy (non-hydrogen) atoms. The molecule has 0 saturated heterocycles. The molecule has 0 bridgehead atoms. The van der Waals surface area contributed by atoms with Crippen LogP contribution in [0.2, 0.25) is 0 Å². The van der Waals surface area contributed by atoms with Crippen LogP contribution in [0.5, 0.6) is 0 Å². The van der Waals surface area contributed by atoms with Crippen molar-refractivity contribution in [2.24, 2.45) is 0 Å². The summed E-state index contributed by atoms with van der Waals surface area (Å²) in [6.07, 6.45) is 0. The first-order chi connectivity index (χ1) is 8.26. The van der Waals surface area contributed by atoms with Gasteiger partial charge in [0.1, 0.15) is 5.82 Å². The van der Waals surface area contributed by atoms with E-state index in [1.54, 1.807) is 13.8 Å². The molecule has 100 valence electrons. The summed E-state index contributed by atoms with van der Waals surface area (Å²) < 4.78 is 26.5. The minimum atomic E-state index is -1.21. The molecule has 2 N–H and O–H groups in total. The Labute approximate surface area is 103 Å². The number of hydrogen-bond donors (Lipinski definition) is 2. The molecule has 0 heterocycles. The van der Waals surface area contributed by atoms with Crippen molar-refractivity contribution in [1.29, 1.82) is 0 Å². The van der Waals surface area contributed by atoms with Gasteiger partial charge >= 0.3 is 5.69 Å². The molecule has 0 aliphatic heterocycles. The average Bonchev–Trinajstić information content (AvgIpc) is 2.27. The second kappa shape index (κ2) is 5.36.